The van der Waals surface area contributed by atoms with E-state index in [2.05, 4.69) is 68.2 Å². The van der Waals surface area contributed by atoms with Gasteiger partial charge in [0.15, 0.2) is 0 Å². The van der Waals surface area contributed by atoms with Crippen LogP contribution in [0.1, 0.15) is 45.2 Å². The molecule has 1 aliphatic rings. The Morgan fingerprint density at radius 3 is 2.56 bits per heavy atom. The predicted octanol–water partition coefficient (Wildman–Crippen LogP) is 4.26. The Labute approximate surface area is 116 Å². The highest BCUT2D eigenvalue weighted by Gasteiger charge is 2.25. The highest BCUT2D eigenvalue weighted by Crippen LogP contribution is 2.29. The number of benzene rings is 1. The minimum atomic E-state index is 0.516. The van der Waals surface area contributed by atoms with Gasteiger partial charge in [-0.2, -0.15) is 11.8 Å². The normalized spacial score (nSPS) is 25.6. The van der Waals surface area contributed by atoms with E-state index >= 15 is 0 Å². The third-order valence-corrected chi connectivity index (χ3v) is 4.90. The average molecular weight is 263 g/mol. The molecule has 2 rings (SSSR count). The summed E-state index contributed by atoms with van der Waals surface area (Å²) in [5, 5.41) is 4.69. The lowest BCUT2D eigenvalue weighted by molar-refractivity contribution is 0.387. The second kappa shape index (κ2) is 6.63. The molecule has 0 aromatic heterocycles. The van der Waals surface area contributed by atoms with Crippen molar-refractivity contribution in [1.29, 1.82) is 0 Å². The van der Waals surface area contributed by atoms with Gasteiger partial charge in [0.05, 0.1) is 0 Å². The summed E-state index contributed by atoms with van der Waals surface area (Å²) in [5.74, 6) is 2.00. The van der Waals surface area contributed by atoms with E-state index in [1.807, 2.05) is 0 Å². The summed E-state index contributed by atoms with van der Waals surface area (Å²) >= 11 is 2.10. The summed E-state index contributed by atoms with van der Waals surface area (Å²) in [4.78, 5) is 0. The van der Waals surface area contributed by atoms with E-state index in [9.17, 15) is 0 Å². The molecule has 1 N–H and O–H groups in total. The number of hydrogen-bond acceptors (Lipinski definition) is 2. The van der Waals surface area contributed by atoms with Crippen molar-refractivity contribution in [2.75, 3.05) is 5.75 Å². The zero-order valence-corrected chi connectivity index (χ0v) is 12.5. The molecule has 0 saturated carbocycles. The molecular weight excluding hydrogens is 238 g/mol. The minimum absolute atomic E-state index is 0.516. The molecule has 0 radical (unpaired) electrons. The summed E-state index contributed by atoms with van der Waals surface area (Å²) in [5.41, 5.74) is 1.44. The molecule has 1 aromatic rings. The number of hydrogen-bond donors (Lipinski definition) is 1. The van der Waals surface area contributed by atoms with Gasteiger partial charge in [-0.25, -0.2) is 0 Å². The SMILES string of the molecule is CC(C)CC(NC1CSC(C)C1)c1ccccc1. The first-order valence-electron chi connectivity index (χ1n) is 7.07. The molecule has 100 valence electrons. The van der Waals surface area contributed by atoms with Gasteiger partial charge in [0.25, 0.3) is 0 Å². The maximum atomic E-state index is 3.87. The van der Waals surface area contributed by atoms with Gasteiger partial charge in [-0.1, -0.05) is 51.1 Å². The molecule has 2 heteroatoms. The van der Waals surface area contributed by atoms with Crippen molar-refractivity contribution < 1.29 is 0 Å². The molecule has 0 amide bonds. The topological polar surface area (TPSA) is 12.0 Å². The van der Waals surface area contributed by atoms with Gasteiger partial charge >= 0.3 is 0 Å². The summed E-state index contributed by atoms with van der Waals surface area (Å²) in [7, 11) is 0. The van der Waals surface area contributed by atoms with Crippen LogP contribution in [0.2, 0.25) is 0 Å². The van der Waals surface area contributed by atoms with E-state index < -0.39 is 0 Å². The lowest BCUT2D eigenvalue weighted by Crippen LogP contribution is -2.33. The van der Waals surface area contributed by atoms with Crippen molar-refractivity contribution >= 4 is 11.8 Å². The molecular formula is C16H25NS. The molecule has 1 nitrogen and oxygen atoms in total. The first-order valence-corrected chi connectivity index (χ1v) is 8.12. The Morgan fingerprint density at radius 2 is 2.00 bits per heavy atom. The van der Waals surface area contributed by atoms with Crippen LogP contribution in [-0.4, -0.2) is 17.0 Å². The van der Waals surface area contributed by atoms with E-state index in [0.29, 0.717) is 12.1 Å². The van der Waals surface area contributed by atoms with E-state index in [1.165, 1.54) is 24.2 Å². The Kier molecular flexibility index (Phi) is 5.13. The van der Waals surface area contributed by atoms with E-state index in [-0.39, 0.29) is 0 Å². The van der Waals surface area contributed by atoms with Crippen LogP contribution in [0, 0.1) is 5.92 Å². The van der Waals surface area contributed by atoms with E-state index in [4.69, 9.17) is 0 Å². The lowest BCUT2D eigenvalue weighted by atomic mass is 9.96. The van der Waals surface area contributed by atoms with Crippen molar-refractivity contribution in [1.82, 2.24) is 5.32 Å². The zero-order valence-electron chi connectivity index (χ0n) is 11.7. The van der Waals surface area contributed by atoms with E-state index in [1.54, 1.807) is 0 Å². The fourth-order valence-corrected chi connectivity index (χ4v) is 3.84. The van der Waals surface area contributed by atoms with Gasteiger partial charge < -0.3 is 5.32 Å². The average Bonchev–Trinajstić information content (AvgIpc) is 2.75. The second-order valence-electron chi connectivity index (χ2n) is 5.84. The van der Waals surface area contributed by atoms with Crippen LogP contribution in [0.5, 0.6) is 0 Å². The molecule has 1 aliphatic heterocycles. The summed E-state index contributed by atoms with van der Waals surface area (Å²) in [6.45, 7) is 6.96. The van der Waals surface area contributed by atoms with Crippen LogP contribution in [-0.2, 0) is 0 Å². The zero-order chi connectivity index (χ0) is 13.0. The van der Waals surface area contributed by atoms with Crippen LogP contribution in [0.25, 0.3) is 0 Å². The molecule has 1 fully saturated rings. The largest absolute Gasteiger partial charge is 0.306 e. The predicted molar refractivity (Wildman–Crippen MR) is 82.1 cm³/mol. The monoisotopic (exact) mass is 263 g/mol. The highest BCUT2D eigenvalue weighted by atomic mass is 32.2. The molecule has 1 heterocycles. The summed E-state index contributed by atoms with van der Waals surface area (Å²) < 4.78 is 0. The molecule has 0 bridgehead atoms. The number of thioether (sulfide) groups is 1. The van der Waals surface area contributed by atoms with Gasteiger partial charge in [0, 0.05) is 23.1 Å². The van der Waals surface area contributed by atoms with Gasteiger partial charge in [-0.15, -0.1) is 0 Å². The fraction of sp³-hybridized carbons (Fsp3) is 0.625. The quantitative estimate of drug-likeness (QED) is 0.852. The van der Waals surface area contributed by atoms with Crippen molar-refractivity contribution in [3.63, 3.8) is 0 Å². The van der Waals surface area contributed by atoms with Crippen molar-refractivity contribution in [3.8, 4) is 0 Å². The van der Waals surface area contributed by atoms with Crippen molar-refractivity contribution in [3.05, 3.63) is 35.9 Å². The van der Waals surface area contributed by atoms with E-state index in [0.717, 1.165) is 11.2 Å². The van der Waals surface area contributed by atoms with Gasteiger partial charge in [0.2, 0.25) is 0 Å². The second-order valence-corrected chi connectivity index (χ2v) is 7.31. The smallest absolute Gasteiger partial charge is 0.0325 e. The van der Waals surface area contributed by atoms with Crippen molar-refractivity contribution in [2.24, 2.45) is 5.92 Å². The maximum absolute atomic E-state index is 3.87. The first-order chi connectivity index (χ1) is 8.65. The third kappa shape index (κ3) is 4.03. The van der Waals surface area contributed by atoms with Crippen LogP contribution >= 0.6 is 11.8 Å². The molecule has 0 aliphatic carbocycles. The summed E-state index contributed by atoms with van der Waals surface area (Å²) in [6, 6.07) is 12.1. The molecule has 0 spiro atoms. The molecule has 1 saturated heterocycles. The highest BCUT2D eigenvalue weighted by molar-refractivity contribution is 8.00. The number of rotatable bonds is 5. The van der Waals surface area contributed by atoms with Crippen molar-refractivity contribution in [2.45, 2.75) is 50.9 Å². The fourth-order valence-electron chi connectivity index (χ4n) is 2.67. The third-order valence-electron chi connectivity index (χ3n) is 3.54. The molecule has 3 unspecified atom stereocenters. The van der Waals surface area contributed by atoms with Crippen LogP contribution in [0.3, 0.4) is 0 Å². The lowest BCUT2D eigenvalue weighted by Gasteiger charge is -2.25. The Hall–Kier alpha value is -0.470. The van der Waals surface area contributed by atoms with Crippen LogP contribution in [0.4, 0.5) is 0 Å². The van der Waals surface area contributed by atoms with Gasteiger partial charge in [-0.05, 0) is 24.3 Å². The Bertz CT molecular complexity index is 349. The Balaban J connectivity index is 2.01. The Morgan fingerprint density at radius 1 is 1.28 bits per heavy atom. The standard InChI is InChI=1S/C16H25NS/c1-12(2)9-16(14-7-5-4-6-8-14)17-15-10-13(3)18-11-15/h4-8,12-13,15-17H,9-11H2,1-3H3. The molecule has 3 atom stereocenters. The molecule has 1 aromatic carbocycles. The maximum Gasteiger partial charge on any atom is 0.0325 e. The number of nitrogens with one attached hydrogen (secondary N) is 1. The summed E-state index contributed by atoms with van der Waals surface area (Å²) in [6.07, 6.45) is 2.53. The molecule has 18 heavy (non-hydrogen) atoms. The van der Waals surface area contributed by atoms with Gasteiger partial charge in [0.1, 0.15) is 0 Å². The van der Waals surface area contributed by atoms with Crippen LogP contribution < -0.4 is 5.32 Å². The van der Waals surface area contributed by atoms with Crippen LogP contribution in [0.15, 0.2) is 30.3 Å². The minimum Gasteiger partial charge on any atom is -0.306 e. The van der Waals surface area contributed by atoms with Gasteiger partial charge in [-0.3, -0.25) is 0 Å². The first kappa shape index (κ1) is 14.0.